The van der Waals surface area contributed by atoms with Crippen LogP contribution in [-0.4, -0.2) is 18.6 Å². The zero-order valence-corrected chi connectivity index (χ0v) is 18.1. The van der Waals surface area contributed by atoms with Crippen molar-refractivity contribution in [3.8, 4) is 11.4 Å². The van der Waals surface area contributed by atoms with Gasteiger partial charge in [0.05, 0.1) is 10.9 Å². The number of rotatable bonds is 5. The second-order valence-corrected chi connectivity index (χ2v) is 8.91. The number of aromatic nitrogens is 2. The Hall–Kier alpha value is -2.58. The lowest BCUT2D eigenvalue weighted by Gasteiger charge is -2.20. The molecule has 0 saturated heterocycles. The molecule has 0 fully saturated rings. The molecule has 1 heterocycles. The summed E-state index contributed by atoms with van der Waals surface area (Å²) in [5, 5.41) is 3.87. The molecular formula is C21H24FN3O3S. The average Bonchev–Trinajstić information content (AvgIpc) is 3.15. The molecule has 0 aliphatic carbocycles. The van der Waals surface area contributed by atoms with E-state index in [0.29, 0.717) is 5.56 Å². The van der Waals surface area contributed by atoms with Gasteiger partial charge < -0.3 is 4.52 Å². The molecule has 0 aliphatic heterocycles. The highest BCUT2D eigenvalue weighted by atomic mass is 32.2. The van der Waals surface area contributed by atoms with E-state index in [1.165, 1.54) is 24.3 Å². The van der Waals surface area contributed by atoms with Crippen molar-refractivity contribution < 1.29 is 17.3 Å². The molecule has 0 saturated carbocycles. The zero-order valence-electron chi connectivity index (χ0n) is 17.3. The zero-order chi connectivity index (χ0) is 21.5. The van der Waals surface area contributed by atoms with Crippen LogP contribution in [0, 0.1) is 40.4 Å². The minimum Gasteiger partial charge on any atom is -0.337 e. The molecule has 2 aromatic carbocycles. The monoisotopic (exact) mass is 417 g/mol. The fraction of sp³-hybridized carbons (Fsp3) is 0.333. The van der Waals surface area contributed by atoms with Crippen molar-refractivity contribution in [3.05, 3.63) is 63.8 Å². The third kappa shape index (κ3) is 3.95. The van der Waals surface area contributed by atoms with Crippen molar-refractivity contribution in [2.75, 3.05) is 0 Å². The molecule has 0 spiro atoms. The van der Waals surface area contributed by atoms with Gasteiger partial charge in [-0.15, -0.1) is 0 Å². The molecule has 0 aliphatic rings. The van der Waals surface area contributed by atoms with Crippen LogP contribution in [0.25, 0.3) is 11.4 Å². The SMILES string of the molecule is Cc1c(C)c(C)c(S(=O)(=O)N[C@H](C)c2nc(-c3ccc(F)cc3)no2)c(C)c1C. The highest BCUT2D eigenvalue weighted by Gasteiger charge is 2.27. The average molecular weight is 418 g/mol. The number of nitrogens with zero attached hydrogens (tertiary/aromatic N) is 2. The summed E-state index contributed by atoms with van der Waals surface area (Å²) in [6.45, 7) is 11.1. The Morgan fingerprint density at radius 2 is 1.45 bits per heavy atom. The molecule has 0 bridgehead atoms. The molecule has 29 heavy (non-hydrogen) atoms. The van der Waals surface area contributed by atoms with Crippen LogP contribution < -0.4 is 4.72 Å². The standard InChI is InChI=1S/C21H24FN3O3S/c1-11-12(2)14(4)19(15(5)13(11)3)29(26,27)25-16(6)21-23-20(24-28-21)17-7-9-18(22)10-8-17/h7-10,16,25H,1-6H3/t16-/m1/s1. The van der Waals surface area contributed by atoms with Crippen LogP contribution in [0.4, 0.5) is 4.39 Å². The van der Waals surface area contributed by atoms with Gasteiger partial charge in [-0.2, -0.15) is 9.71 Å². The first-order chi connectivity index (χ1) is 13.5. The third-order valence-corrected chi connectivity index (χ3v) is 7.26. The fourth-order valence-electron chi connectivity index (χ4n) is 3.34. The summed E-state index contributed by atoms with van der Waals surface area (Å²) in [6.07, 6.45) is 0. The smallest absolute Gasteiger partial charge is 0.244 e. The molecule has 6 nitrogen and oxygen atoms in total. The molecule has 8 heteroatoms. The minimum atomic E-state index is -3.82. The lowest BCUT2D eigenvalue weighted by molar-refractivity contribution is 0.353. The van der Waals surface area contributed by atoms with Crippen molar-refractivity contribution in [2.45, 2.75) is 52.5 Å². The van der Waals surface area contributed by atoms with E-state index in [9.17, 15) is 12.8 Å². The Bertz CT molecular complexity index is 1140. The number of hydrogen-bond donors (Lipinski definition) is 1. The van der Waals surface area contributed by atoms with Crippen LogP contribution in [-0.2, 0) is 10.0 Å². The molecule has 3 rings (SSSR count). The predicted octanol–water partition coefficient (Wildman–Crippen LogP) is 4.46. The number of sulfonamides is 1. The molecule has 154 valence electrons. The molecule has 0 amide bonds. The number of benzene rings is 2. The number of halogens is 1. The second kappa shape index (κ2) is 7.68. The van der Waals surface area contributed by atoms with Crippen LogP contribution in [0.5, 0.6) is 0 Å². The maximum Gasteiger partial charge on any atom is 0.244 e. The Kier molecular flexibility index (Phi) is 5.60. The summed E-state index contributed by atoms with van der Waals surface area (Å²) < 4.78 is 47.3. The normalized spacial score (nSPS) is 12.9. The van der Waals surface area contributed by atoms with Crippen molar-refractivity contribution >= 4 is 10.0 Å². The molecule has 1 N–H and O–H groups in total. The summed E-state index contributed by atoms with van der Waals surface area (Å²) in [5.74, 6) is 0.0252. The van der Waals surface area contributed by atoms with Crippen molar-refractivity contribution in [3.63, 3.8) is 0 Å². The second-order valence-electron chi connectivity index (χ2n) is 7.26. The van der Waals surface area contributed by atoms with Gasteiger partial charge in [-0.1, -0.05) is 5.16 Å². The third-order valence-electron chi connectivity index (χ3n) is 5.45. The summed E-state index contributed by atoms with van der Waals surface area (Å²) >= 11 is 0. The van der Waals surface area contributed by atoms with Crippen LogP contribution in [0.1, 0.15) is 46.7 Å². The largest absolute Gasteiger partial charge is 0.337 e. The first kappa shape index (κ1) is 21.1. The van der Waals surface area contributed by atoms with E-state index >= 15 is 0 Å². The summed E-state index contributed by atoms with van der Waals surface area (Å²) in [7, 11) is -3.82. The lowest BCUT2D eigenvalue weighted by atomic mass is 9.95. The van der Waals surface area contributed by atoms with Crippen LogP contribution in [0.3, 0.4) is 0 Å². The van der Waals surface area contributed by atoms with Gasteiger partial charge in [0, 0.05) is 5.56 Å². The minimum absolute atomic E-state index is 0.128. The predicted molar refractivity (Wildman–Crippen MR) is 109 cm³/mol. The fourth-order valence-corrected chi connectivity index (χ4v) is 5.13. The Morgan fingerprint density at radius 1 is 0.931 bits per heavy atom. The van der Waals surface area contributed by atoms with Gasteiger partial charge in [-0.25, -0.2) is 12.8 Å². The Balaban J connectivity index is 1.91. The van der Waals surface area contributed by atoms with E-state index in [4.69, 9.17) is 4.52 Å². The van der Waals surface area contributed by atoms with Crippen molar-refractivity contribution in [1.29, 1.82) is 0 Å². The number of hydrogen-bond acceptors (Lipinski definition) is 5. The molecule has 0 radical (unpaired) electrons. The van der Waals surface area contributed by atoms with Crippen molar-refractivity contribution in [2.24, 2.45) is 0 Å². The van der Waals surface area contributed by atoms with E-state index in [1.54, 1.807) is 6.92 Å². The van der Waals surface area contributed by atoms with Gasteiger partial charge in [0.2, 0.25) is 21.7 Å². The summed E-state index contributed by atoms with van der Waals surface area (Å²) in [6, 6.07) is 4.92. The Labute approximate surface area is 170 Å². The maximum absolute atomic E-state index is 13.1. The number of nitrogens with one attached hydrogen (secondary N) is 1. The van der Waals surface area contributed by atoms with Crippen molar-refractivity contribution in [1.82, 2.24) is 14.9 Å². The molecule has 3 aromatic rings. The van der Waals surface area contributed by atoms with Gasteiger partial charge in [0.1, 0.15) is 5.82 Å². The molecule has 1 atom stereocenters. The van der Waals surface area contributed by atoms with Gasteiger partial charge in [-0.3, -0.25) is 0 Å². The highest BCUT2D eigenvalue weighted by molar-refractivity contribution is 7.89. The first-order valence-corrected chi connectivity index (χ1v) is 10.7. The van der Waals surface area contributed by atoms with E-state index in [2.05, 4.69) is 14.9 Å². The first-order valence-electron chi connectivity index (χ1n) is 9.21. The maximum atomic E-state index is 13.1. The highest BCUT2D eigenvalue weighted by Crippen LogP contribution is 2.30. The summed E-state index contributed by atoms with van der Waals surface area (Å²) in [5.41, 5.74) is 5.03. The Morgan fingerprint density at radius 3 is 2.00 bits per heavy atom. The van der Waals surface area contributed by atoms with E-state index < -0.39 is 16.1 Å². The van der Waals surface area contributed by atoms with Crippen LogP contribution >= 0.6 is 0 Å². The van der Waals surface area contributed by atoms with E-state index in [-0.39, 0.29) is 22.4 Å². The van der Waals surface area contributed by atoms with Gasteiger partial charge >= 0.3 is 0 Å². The van der Waals surface area contributed by atoms with Gasteiger partial charge in [0.15, 0.2) is 0 Å². The van der Waals surface area contributed by atoms with Gasteiger partial charge in [-0.05, 0) is 93.6 Å². The quantitative estimate of drug-likeness (QED) is 0.663. The van der Waals surface area contributed by atoms with E-state index in [0.717, 1.165) is 27.8 Å². The molecular weight excluding hydrogens is 393 g/mol. The van der Waals surface area contributed by atoms with Crippen LogP contribution in [0.2, 0.25) is 0 Å². The van der Waals surface area contributed by atoms with Crippen LogP contribution in [0.15, 0.2) is 33.7 Å². The summed E-state index contributed by atoms with van der Waals surface area (Å²) in [4.78, 5) is 4.54. The van der Waals surface area contributed by atoms with Gasteiger partial charge in [0.25, 0.3) is 0 Å². The lowest BCUT2D eigenvalue weighted by Crippen LogP contribution is -2.29. The molecule has 1 aromatic heterocycles. The topological polar surface area (TPSA) is 85.1 Å². The molecule has 0 unspecified atom stereocenters. The van der Waals surface area contributed by atoms with E-state index in [1.807, 2.05) is 34.6 Å².